The predicted octanol–water partition coefficient (Wildman–Crippen LogP) is 1.86. The number of benzene rings is 2. The molecule has 0 saturated carbocycles. The van der Waals surface area contributed by atoms with Gasteiger partial charge in [0.25, 0.3) is 11.6 Å². The first-order valence-electron chi connectivity index (χ1n) is 7.47. The SMILES string of the molecule is C[NH+](C)C[C@H](NC(=O)c1ccc(Cl)cc1[N+](=O)[O-])c1ccccc1. The van der Waals surface area contributed by atoms with Crippen LogP contribution >= 0.6 is 11.6 Å². The largest absolute Gasteiger partial charge is 0.339 e. The van der Waals surface area contributed by atoms with Gasteiger partial charge in [-0.25, -0.2) is 0 Å². The molecular formula is C17H19ClN3O3+. The number of nitro benzene ring substituents is 1. The molecule has 0 aliphatic heterocycles. The fourth-order valence-electron chi connectivity index (χ4n) is 2.43. The molecule has 1 amide bonds. The van der Waals surface area contributed by atoms with Crippen LogP contribution in [0.4, 0.5) is 5.69 Å². The molecule has 0 saturated heterocycles. The van der Waals surface area contributed by atoms with E-state index in [-0.39, 0.29) is 22.3 Å². The van der Waals surface area contributed by atoms with Gasteiger partial charge in [0.05, 0.1) is 19.0 Å². The Hall–Kier alpha value is -2.44. The van der Waals surface area contributed by atoms with Crippen molar-refractivity contribution in [2.75, 3.05) is 20.6 Å². The molecule has 0 fully saturated rings. The van der Waals surface area contributed by atoms with Gasteiger partial charge < -0.3 is 10.2 Å². The fraction of sp³-hybridized carbons (Fsp3) is 0.235. The molecule has 0 aliphatic rings. The van der Waals surface area contributed by atoms with Gasteiger partial charge in [-0.2, -0.15) is 0 Å². The summed E-state index contributed by atoms with van der Waals surface area (Å²) in [7, 11) is 3.96. The Bertz CT molecular complexity index is 735. The van der Waals surface area contributed by atoms with Gasteiger partial charge in [0, 0.05) is 11.1 Å². The van der Waals surface area contributed by atoms with Crippen LogP contribution in [0.5, 0.6) is 0 Å². The average molecular weight is 349 g/mol. The van der Waals surface area contributed by atoms with Gasteiger partial charge in [-0.15, -0.1) is 0 Å². The maximum Gasteiger partial charge on any atom is 0.283 e. The summed E-state index contributed by atoms with van der Waals surface area (Å²) in [6, 6.07) is 13.3. The Labute approximate surface area is 145 Å². The molecule has 0 spiro atoms. The van der Waals surface area contributed by atoms with E-state index < -0.39 is 10.8 Å². The highest BCUT2D eigenvalue weighted by atomic mass is 35.5. The van der Waals surface area contributed by atoms with Gasteiger partial charge >= 0.3 is 0 Å². The second-order valence-corrected chi connectivity index (χ2v) is 6.20. The van der Waals surface area contributed by atoms with E-state index in [9.17, 15) is 14.9 Å². The van der Waals surface area contributed by atoms with E-state index in [1.54, 1.807) is 0 Å². The van der Waals surface area contributed by atoms with Crippen molar-refractivity contribution in [1.29, 1.82) is 0 Å². The van der Waals surface area contributed by atoms with Crippen LogP contribution in [0.25, 0.3) is 0 Å². The maximum atomic E-state index is 12.6. The Morgan fingerprint density at radius 2 is 1.92 bits per heavy atom. The van der Waals surface area contributed by atoms with E-state index in [0.29, 0.717) is 6.54 Å². The number of halogens is 1. The van der Waals surface area contributed by atoms with Gasteiger partial charge in [-0.05, 0) is 17.7 Å². The van der Waals surface area contributed by atoms with Crippen molar-refractivity contribution >= 4 is 23.2 Å². The standard InChI is InChI=1S/C17H18ClN3O3/c1-20(2)11-15(12-6-4-3-5-7-12)19-17(22)14-9-8-13(18)10-16(14)21(23)24/h3-10,15H,11H2,1-2H3,(H,19,22)/p+1/t15-/m0/s1. The number of amides is 1. The number of carbonyl (C=O) groups is 1. The molecule has 0 aliphatic carbocycles. The lowest BCUT2D eigenvalue weighted by atomic mass is 10.1. The molecule has 2 N–H and O–H groups in total. The van der Waals surface area contributed by atoms with Crippen LogP contribution in [0, 0.1) is 10.1 Å². The van der Waals surface area contributed by atoms with Crippen LogP contribution in [-0.4, -0.2) is 31.5 Å². The molecule has 7 heteroatoms. The number of likely N-dealkylation sites (N-methyl/N-ethyl adjacent to an activating group) is 1. The molecule has 2 rings (SSSR count). The third-order valence-corrected chi connectivity index (χ3v) is 3.76. The maximum absolute atomic E-state index is 12.6. The number of quaternary nitrogens is 1. The van der Waals surface area contributed by atoms with Crippen molar-refractivity contribution in [3.63, 3.8) is 0 Å². The predicted molar refractivity (Wildman–Crippen MR) is 92.4 cm³/mol. The van der Waals surface area contributed by atoms with Crippen molar-refractivity contribution in [2.24, 2.45) is 0 Å². The zero-order valence-corrected chi connectivity index (χ0v) is 14.2. The highest BCUT2D eigenvalue weighted by molar-refractivity contribution is 6.31. The van der Waals surface area contributed by atoms with E-state index in [1.807, 2.05) is 44.4 Å². The Morgan fingerprint density at radius 3 is 2.50 bits per heavy atom. The summed E-state index contributed by atoms with van der Waals surface area (Å²) in [5.41, 5.74) is 0.645. The van der Waals surface area contributed by atoms with Crippen LogP contribution in [0.3, 0.4) is 0 Å². The molecule has 0 aromatic heterocycles. The summed E-state index contributed by atoms with van der Waals surface area (Å²) in [4.78, 5) is 24.3. The normalized spacial score (nSPS) is 12.0. The van der Waals surface area contributed by atoms with Crippen LogP contribution in [0.2, 0.25) is 5.02 Å². The minimum atomic E-state index is -0.602. The minimum Gasteiger partial charge on any atom is -0.339 e. The molecule has 0 radical (unpaired) electrons. The number of carbonyl (C=O) groups excluding carboxylic acids is 1. The van der Waals surface area contributed by atoms with Crippen molar-refractivity contribution < 1.29 is 14.6 Å². The molecule has 126 valence electrons. The lowest BCUT2D eigenvalue weighted by molar-refractivity contribution is -0.860. The first-order chi connectivity index (χ1) is 11.4. The third kappa shape index (κ3) is 4.53. The summed E-state index contributed by atoms with van der Waals surface area (Å²) in [5, 5.41) is 14.3. The minimum absolute atomic E-state index is 0.000845. The van der Waals surface area contributed by atoms with Gasteiger partial charge in [0.1, 0.15) is 18.2 Å². The van der Waals surface area contributed by atoms with E-state index >= 15 is 0 Å². The van der Waals surface area contributed by atoms with Crippen LogP contribution in [0.1, 0.15) is 22.0 Å². The van der Waals surface area contributed by atoms with E-state index in [1.165, 1.54) is 18.2 Å². The van der Waals surface area contributed by atoms with Crippen LogP contribution in [0.15, 0.2) is 48.5 Å². The second-order valence-electron chi connectivity index (χ2n) is 5.77. The summed E-state index contributed by atoms with van der Waals surface area (Å²) in [5.74, 6) is -0.492. The van der Waals surface area contributed by atoms with Crippen molar-refractivity contribution in [3.8, 4) is 0 Å². The Morgan fingerprint density at radius 1 is 1.25 bits per heavy atom. The smallest absolute Gasteiger partial charge is 0.283 e. The third-order valence-electron chi connectivity index (χ3n) is 3.52. The molecule has 24 heavy (non-hydrogen) atoms. The van der Waals surface area contributed by atoms with E-state index in [4.69, 9.17) is 11.6 Å². The number of nitrogens with one attached hydrogen (secondary N) is 2. The zero-order valence-electron chi connectivity index (χ0n) is 13.5. The summed E-state index contributed by atoms with van der Waals surface area (Å²) in [6.45, 7) is 0.650. The van der Waals surface area contributed by atoms with E-state index in [2.05, 4.69) is 5.32 Å². The molecule has 6 nitrogen and oxygen atoms in total. The van der Waals surface area contributed by atoms with Gasteiger partial charge in [-0.3, -0.25) is 14.9 Å². The molecule has 0 unspecified atom stereocenters. The first-order valence-corrected chi connectivity index (χ1v) is 7.85. The van der Waals surface area contributed by atoms with Crippen molar-refractivity contribution in [2.45, 2.75) is 6.04 Å². The Kier molecular flexibility index (Phi) is 5.89. The molecular weight excluding hydrogens is 330 g/mol. The highest BCUT2D eigenvalue weighted by Gasteiger charge is 2.24. The van der Waals surface area contributed by atoms with Gasteiger partial charge in [0.15, 0.2) is 0 Å². The average Bonchev–Trinajstić information content (AvgIpc) is 2.54. The molecule has 0 heterocycles. The van der Waals surface area contributed by atoms with Crippen LogP contribution < -0.4 is 10.2 Å². The molecule has 0 bridgehead atoms. The summed E-state index contributed by atoms with van der Waals surface area (Å²) >= 11 is 5.80. The zero-order chi connectivity index (χ0) is 17.7. The monoisotopic (exact) mass is 348 g/mol. The first kappa shape index (κ1) is 17.9. The van der Waals surface area contributed by atoms with Gasteiger partial charge in [0.2, 0.25) is 0 Å². The summed E-state index contributed by atoms with van der Waals surface area (Å²) in [6.07, 6.45) is 0. The number of rotatable bonds is 6. The van der Waals surface area contributed by atoms with Gasteiger partial charge in [-0.1, -0.05) is 41.9 Å². The molecule has 2 aromatic carbocycles. The quantitative estimate of drug-likeness (QED) is 0.618. The second kappa shape index (κ2) is 7.90. The number of hydrogen-bond acceptors (Lipinski definition) is 3. The fourth-order valence-corrected chi connectivity index (χ4v) is 2.60. The highest BCUT2D eigenvalue weighted by Crippen LogP contribution is 2.24. The topological polar surface area (TPSA) is 76.7 Å². The van der Waals surface area contributed by atoms with Crippen LogP contribution in [-0.2, 0) is 0 Å². The summed E-state index contributed by atoms with van der Waals surface area (Å²) < 4.78 is 0. The number of nitro groups is 1. The Balaban J connectivity index is 2.30. The van der Waals surface area contributed by atoms with Crippen molar-refractivity contribution in [1.82, 2.24) is 5.32 Å². The lowest BCUT2D eigenvalue weighted by Gasteiger charge is -2.21. The number of hydrogen-bond donors (Lipinski definition) is 2. The number of nitrogens with zero attached hydrogens (tertiary/aromatic N) is 1. The molecule has 1 atom stereocenters. The van der Waals surface area contributed by atoms with Crippen molar-refractivity contribution in [3.05, 3.63) is 74.8 Å². The van der Waals surface area contributed by atoms with E-state index in [0.717, 1.165) is 10.5 Å². The molecule has 2 aromatic rings. The lowest BCUT2D eigenvalue weighted by Crippen LogP contribution is -3.06.